The summed E-state index contributed by atoms with van der Waals surface area (Å²) < 4.78 is 15.1. The summed E-state index contributed by atoms with van der Waals surface area (Å²) >= 11 is 1.55. The van der Waals surface area contributed by atoms with Crippen LogP contribution in [-0.4, -0.2) is 6.10 Å². The number of benzene rings is 2. The lowest BCUT2D eigenvalue weighted by molar-refractivity contribution is 0.244. The summed E-state index contributed by atoms with van der Waals surface area (Å²) in [4.78, 5) is 13.5. The largest absolute Gasteiger partial charge is 0.489 e. The molecule has 28 heavy (non-hydrogen) atoms. The van der Waals surface area contributed by atoms with Gasteiger partial charge in [-0.15, -0.1) is 0 Å². The van der Waals surface area contributed by atoms with Gasteiger partial charge in [-0.1, -0.05) is 17.7 Å². The lowest BCUT2D eigenvalue weighted by atomic mass is 9.90. The van der Waals surface area contributed by atoms with E-state index in [2.05, 4.69) is 42.0 Å². The highest BCUT2D eigenvalue weighted by atomic mass is 32.2. The highest BCUT2D eigenvalue weighted by Gasteiger charge is 2.20. The van der Waals surface area contributed by atoms with Crippen LogP contribution in [0.5, 0.6) is 5.75 Å². The Labute approximate surface area is 169 Å². The number of anilines is 1. The molecular formula is C23H25NO3S. The Morgan fingerprint density at radius 1 is 1.07 bits per heavy atom. The minimum Gasteiger partial charge on any atom is -0.489 e. The molecule has 5 heteroatoms. The number of aryl methyl sites for hydroxylation is 2. The highest BCUT2D eigenvalue weighted by Crippen LogP contribution is 2.37. The summed E-state index contributed by atoms with van der Waals surface area (Å²) in [5, 5.41) is 1.01. The third kappa shape index (κ3) is 3.90. The van der Waals surface area contributed by atoms with Gasteiger partial charge in [0.25, 0.3) is 0 Å². The van der Waals surface area contributed by atoms with Crippen LogP contribution in [0.3, 0.4) is 0 Å². The quantitative estimate of drug-likeness (QED) is 0.431. The van der Waals surface area contributed by atoms with E-state index in [0.717, 1.165) is 52.8 Å². The molecule has 0 radical (unpaired) electrons. The van der Waals surface area contributed by atoms with E-state index in [0.29, 0.717) is 11.3 Å². The molecule has 1 N–H and O–H groups in total. The van der Waals surface area contributed by atoms with Crippen LogP contribution in [0.4, 0.5) is 5.69 Å². The molecule has 1 aromatic heterocycles. The molecule has 0 bridgehead atoms. The van der Waals surface area contributed by atoms with Gasteiger partial charge in [0.2, 0.25) is 0 Å². The molecule has 0 aliphatic heterocycles. The molecule has 4 nitrogen and oxygen atoms in total. The average Bonchev–Trinajstić information content (AvgIpc) is 2.68. The highest BCUT2D eigenvalue weighted by molar-refractivity contribution is 8.00. The molecule has 0 spiro atoms. The van der Waals surface area contributed by atoms with E-state index in [4.69, 9.17) is 9.15 Å². The van der Waals surface area contributed by atoms with Gasteiger partial charge in [0.05, 0.1) is 11.8 Å². The first kappa shape index (κ1) is 18.9. The van der Waals surface area contributed by atoms with Gasteiger partial charge in [-0.3, -0.25) is 0 Å². The Morgan fingerprint density at radius 3 is 2.50 bits per heavy atom. The van der Waals surface area contributed by atoms with Gasteiger partial charge in [0, 0.05) is 21.9 Å². The number of hydrogen-bond donors (Lipinski definition) is 1. The minimum absolute atomic E-state index is 0.0201. The van der Waals surface area contributed by atoms with Crippen LogP contribution in [0.2, 0.25) is 0 Å². The van der Waals surface area contributed by atoms with Crippen LogP contribution in [0.15, 0.2) is 50.5 Å². The van der Waals surface area contributed by atoms with Crippen molar-refractivity contribution in [2.24, 2.45) is 0 Å². The fourth-order valence-corrected chi connectivity index (χ4v) is 4.28. The van der Waals surface area contributed by atoms with Crippen LogP contribution < -0.4 is 15.1 Å². The first-order chi connectivity index (χ1) is 13.5. The van der Waals surface area contributed by atoms with E-state index in [-0.39, 0.29) is 11.7 Å². The summed E-state index contributed by atoms with van der Waals surface area (Å²) in [6, 6.07) is 12.3. The molecule has 2 aromatic carbocycles. The molecule has 1 aliphatic carbocycles. The van der Waals surface area contributed by atoms with Gasteiger partial charge in [0.1, 0.15) is 11.3 Å². The first-order valence-electron chi connectivity index (χ1n) is 9.80. The maximum Gasteiger partial charge on any atom is 0.339 e. The second-order valence-electron chi connectivity index (χ2n) is 7.58. The number of fused-ring (bicyclic) bond motifs is 3. The zero-order chi connectivity index (χ0) is 19.7. The first-order valence-corrected chi connectivity index (χ1v) is 10.6. The van der Waals surface area contributed by atoms with E-state index in [1.165, 1.54) is 5.56 Å². The predicted molar refractivity (Wildman–Crippen MR) is 116 cm³/mol. The second-order valence-corrected chi connectivity index (χ2v) is 8.46. The van der Waals surface area contributed by atoms with Gasteiger partial charge in [0.15, 0.2) is 0 Å². The Bertz CT molecular complexity index is 1050. The van der Waals surface area contributed by atoms with Gasteiger partial charge >= 0.3 is 5.63 Å². The molecule has 0 unspecified atom stereocenters. The topological polar surface area (TPSA) is 51.5 Å². The zero-order valence-electron chi connectivity index (χ0n) is 16.5. The summed E-state index contributed by atoms with van der Waals surface area (Å²) in [5.41, 5.74) is 4.51. The lowest BCUT2D eigenvalue weighted by Gasteiger charge is -2.19. The molecule has 4 rings (SSSR count). The van der Waals surface area contributed by atoms with Crippen LogP contribution >= 0.6 is 11.9 Å². The third-order valence-corrected chi connectivity index (χ3v) is 5.82. The minimum atomic E-state index is -0.201. The van der Waals surface area contributed by atoms with E-state index < -0.39 is 0 Å². The number of rotatable bonds is 5. The molecule has 146 valence electrons. The molecule has 0 saturated heterocycles. The van der Waals surface area contributed by atoms with Gasteiger partial charge in [-0.05, 0) is 82.2 Å². The molecular weight excluding hydrogens is 370 g/mol. The zero-order valence-corrected chi connectivity index (χ0v) is 17.3. The molecule has 1 aliphatic rings. The maximum absolute atomic E-state index is 12.4. The average molecular weight is 396 g/mol. The van der Waals surface area contributed by atoms with Gasteiger partial charge in [-0.2, -0.15) is 0 Å². The molecule has 1 heterocycles. The van der Waals surface area contributed by atoms with E-state index in [1.807, 2.05) is 19.9 Å². The SMILES string of the molecule is Cc1ccc(SNc2cc3c4c(c(=O)oc3cc2OC(C)C)CCCC4)cc1. The predicted octanol–water partition coefficient (Wildman–Crippen LogP) is 5.89. The van der Waals surface area contributed by atoms with E-state index in [9.17, 15) is 4.79 Å². The van der Waals surface area contributed by atoms with Crippen molar-refractivity contribution in [2.45, 2.75) is 57.5 Å². The Hall–Kier alpha value is -2.40. The van der Waals surface area contributed by atoms with E-state index in [1.54, 1.807) is 11.9 Å². The van der Waals surface area contributed by atoms with Crippen molar-refractivity contribution in [3.05, 3.63) is 63.5 Å². The van der Waals surface area contributed by atoms with Crippen LogP contribution in [-0.2, 0) is 12.8 Å². The van der Waals surface area contributed by atoms with Gasteiger partial charge in [-0.25, -0.2) is 4.79 Å². The smallest absolute Gasteiger partial charge is 0.339 e. The van der Waals surface area contributed by atoms with Crippen molar-refractivity contribution in [3.8, 4) is 5.75 Å². The number of nitrogens with one attached hydrogen (secondary N) is 1. The Kier molecular flexibility index (Phi) is 5.36. The second kappa shape index (κ2) is 7.92. The Morgan fingerprint density at radius 2 is 1.79 bits per heavy atom. The van der Waals surface area contributed by atoms with Crippen LogP contribution in [0.1, 0.15) is 43.4 Å². The van der Waals surface area contributed by atoms with Crippen molar-refractivity contribution >= 4 is 28.6 Å². The lowest BCUT2D eigenvalue weighted by Crippen LogP contribution is -2.16. The van der Waals surface area contributed by atoms with Crippen molar-refractivity contribution in [2.75, 3.05) is 4.72 Å². The summed E-state index contributed by atoms with van der Waals surface area (Å²) in [6.45, 7) is 6.06. The maximum atomic E-state index is 12.4. The fraction of sp³-hybridized carbons (Fsp3) is 0.348. The standard InChI is InChI=1S/C23H25NO3S/c1-14(2)26-22-13-21-19(17-6-4-5-7-18(17)23(25)27-21)12-20(22)24-28-16-10-8-15(3)9-11-16/h8-14,24H,4-7H2,1-3H3. The van der Waals surface area contributed by atoms with Crippen molar-refractivity contribution in [1.29, 1.82) is 0 Å². The third-order valence-electron chi connectivity index (χ3n) is 4.99. The van der Waals surface area contributed by atoms with E-state index >= 15 is 0 Å². The van der Waals surface area contributed by atoms with Crippen molar-refractivity contribution in [3.63, 3.8) is 0 Å². The molecule has 0 fully saturated rings. The van der Waals surface area contributed by atoms with Crippen LogP contribution in [0.25, 0.3) is 11.0 Å². The number of hydrogen-bond acceptors (Lipinski definition) is 5. The summed E-state index contributed by atoms with van der Waals surface area (Å²) in [7, 11) is 0. The molecule has 3 aromatic rings. The molecule has 0 atom stereocenters. The monoisotopic (exact) mass is 395 g/mol. The molecule has 0 amide bonds. The van der Waals surface area contributed by atoms with Gasteiger partial charge < -0.3 is 13.9 Å². The summed E-state index contributed by atoms with van der Waals surface area (Å²) in [5.74, 6) is 0.695. The fourth-order valence-electron chi connectivity index (χ4n) is 3.62. The molecule has 0 saturated carbocycles. The van der Waals surface area contributed by atoms with Crippen molar-refractivity contribution in [1.82, 2.24) is 0 Å². The normalized spacial score (nSPS) is 13.6. The van der Waals surface area contributed by atoms with Crippen LogP contribution in [0, 0.1) is 6.92 Å². The Balaban J connectivity index is 1.76. The van der Waals surface area contributed by atoms with Crippen molar-refractivity contribution < 1.29 is 9.15 Å². The summed E-state index contributed by atoms with van der Waals surface area (Å²) in [6.07, 6.45) is 3.90. The number of ether oxygens (including phenoxy) is 1.